The lowest BCUT2D eigenvalue weighted by atomic mass is 9.81. The Hall–Kier alpha value is -2.61. The molecule has 3 heterocycles. The number of fused-ring (bicyclic) bond motifs is 2. The van der Waals surface area contributed by atoms with Crippen molar-refractivity contribution in [2.45, 2.75) is 32.2 Å². The van der Waals surface area contributed by atoms with E-state index in [1.54, 1.807) is 4.90 Å². The second kappa shape index (κ2) is 7.91. The van der Waals surface area contributed by atoms with Gasteiger partial charge in [-0.3, -0.25) is 24.2 Å². The molecule has 4 aliphatic rings. The van der Waals surface area contributed by atoms with Gasteiger partial charge in [-0.25, -0.2) is 0 Å². The van der Waals surface area contributed by atoms with Crippen LogP contribution in [0.1, 0.15) is 31.2 Å². The molecule has 0 radical (unpaired) electrons. The molecular formula is C22H27N3O5. The molecule has 0 bridgehead atoms. The van der Waals surface area contributed by atoms with E-state index in [0.717, 1.165) is 62.4 Å². The standard InChI is InChI=1S/C22H27N3O5/c26-20(13-25-21(27)16-3-1-2-4-17(16)22(25)28)24-9-7-23(8-10-24)12-15-5-6-18-19(11-15)30-14-29-18/h5-6,11,16-17H,1-4,7-10,12-14H2/t16-,17+. The first-order valence-electron chi connectivity index (χ1n) is 10.8. The highest BCUT2D eigenvalue weighted by molar-refractivity contribution is 6.07. The van der Waals surface area contributed by atoms with Gasteiger partial charge >= 0.3 is 0 Å². The van der Waals surface area contributed by atoms with Crippen LogP contribution in [0.25, 0.3) is 0 Å². The van der Waals surface area contributed by atoms with Crippen LogP contribution in [0.15, 0.2) is 18.2 Å². The lowest BCUT2D eigenvalue weighted by Gasteiger charge is -2.35. The quantitative estimate of drug-likeness (QED) is 0.691. The minimum Gasteiger partial charge on any atom is -0.454 e. The smallest absolute Gasteiger partial charge is 0.242 e. The fourth-order valence-corrected chi connectivity index (χ4v) is 5.07. The fraction of sp³-hybridized carbons (Fsp3) is 0.591. The number of rotatable bonds is 4. The molecule has 0 spiro atoms. The Morgan fingerprint density at radius 1 is 0.933 bits per heavy atom. The van der Waals surface area contributed by atoms with E-state index in [1.165, 1.54) is 4.90 Å². The molecule has 0 unspecified atom stereocenters. The average molecular weight is 413 g/mol. The fourth-order valence-electron chi connectivity index (χ4n) is 5.07. The monoisotopic (exact) mass is 413 g/mol. The average Bonchev–Trinajstić information content (AvgIpc) is 3.33. The zero-order valence-corrected chi connectivity index (χ0v) is 17.0. The highest BCUT2D eigenvalue weighted by atomic mass is 16.7. The number of imide groups is 1. The van der Waals surface area contributed by atoms with Crippen molar-refractivity contribution in [3.63, 3.8) is 0 Å². The predicted octanol–water partition coefficient (Wildman–Crippen LogP) is 1.23. The number of carbonyl (C=O) groups excluding carboxylic acids is 3. The van der Waals surface area contributed by atoms with E-state index in [-0.39, 0.29) is 42.9 Å². The largest absolute Gasteiger partial charge is 0.454 e. The van der Waals surface area contributed by atoms with Crippen molar-refractivity contribution in [3.8, 4) is 11.5 Å². The molecule has 0 N–H and O–H groups in total. The van der Waals surface area contributed by atoms with Crippen LogP contribution in [-0.4, -0.2) is 71.9 Å². The van der Waals surface area contributed by atoms with E-state index in [1.807, 2.05) is 18.2 Å². The van der Waals surface area contributed by atoms with Crippen LogP contribution in [0.3, 0.4) is 0 Å². The van der Waals surface area contributed by atoms with E-state index in [2.05, 4.69) is 4.90 Å². The Morgan fingerprint density at radius 3 is 2.30 bits per heavy atom. The number of hydrogen-bond donors (Lipinski definition) is 0. The Morgan fingerprint density at radius 2 is 1.60 bits per heavy atom. The molecule has 3 amide bonds. The number of benzene rings is 1. The molecule has 30 heavy (non-hydrogen) atoms. The number of hydrogen-bond acceptors (Lipinski definition) is 6. The summed E-state index contributed by atoms with van der Waals surface area (Å²) in [5.41, 5.74) is 1.15. The number of piperazine rings is 1. The minimum atomic E-state index is -0.197. The first kappa shape index (κ1) is 19.4. The van der Waals surface area contributed by atoms with Gasteiger partial charge in [-0.1, -0.05) is 18.9 Å². The summed E-state index contributed by atoms with van der Waals surface area (Å²) in [6.07, 6.45) is 3.54. The molecule has 1 aliphatic carbocycles. The number of nitrogens with zero attached hydrogens (tertiary/aromatic N) is 3. The molecule has 3 aliphatic heterocycles. The molecular weight excluding hydrogens is 386 g/mol. The highest BCUT2D eigenvalue weighted by Crippen LogP contribution is 2.38. The van der Waals surface area contributed by atoms with Gasteiger partial charge in [0.05, 0.1) is 11.8 Å². The van der Waals surface area contributed by atoms with E-state index < -0.39 is 0 Å². The number of carbonyl (C=O) groups is 3. The van der Waals surface area contributed by atoms with E-state index >= 15 is 0 Å². The molecule has 0 aromatic heterocycles. The Balaban J connectivity index is 1.13. The van der Waals surface area contributed by atoms with Gasteiger partial charge in [0.1, 0.15) is 6.54 Å². The van der Waals surface area contributed by atoms with Crippen LogP contribution in [-0.2, 0) is 20.9 Å². The van der Waals surface area contributed by atoms with Crippen LogP contribution in [0.5, 0.6) is 11.5 Å². The zero-order valence-electron chi connectivity index (χ0n) is 17.0. The minimum absolute atomic E-state index is 0.104. The molecule has 3 fully saturated rings. The summed E-state index contributed by atoms with van der Waals surface area (Å²) in [6.45, 7) is 3.67. The summed E-state index contributed by atoms with van der Waals surface area (Å²) in [6, 6.07) is 5.97. The summed E-state index contributed by atoms with van der Waals surface area (Å²) in [4.78, 5) is 43.3. The first-order valence-corrected chi connectivity index (χ1v) is 10.8. The molecule has 1 aromatic rings. The van der Waals surface area contributed by atoms with Gasteiger partial charge in [-0.2, -0.15) is 0 Å². The molecule has 160 valence electrons. The van der Waals surface area contributed by atoms with Crippen LogP contribution in [0.2, 0.25) is 0 Å². The molecule has 2 atom stereocenters. The molecule has 1 saturated carbocycles. The Labute approximate surface area is 175 Å². The predicted molar refractivity (Wildman–Crippen MR) is 107 cm³/mol. The van der Waals surface area contributed by atoms with E-state index in [0.29, 0.717) is 13.1 Å². The Bertz CT molecular complexity index is 840. The van der Waals surface area contributed by atoms with E-state index in [4.69, 9.17) is 9.47 Å². The third-order valence-electron chi connectivity index (χ3n) is 6.79. The van der Waals surface area contributed by atoms with Crippen LogP contribution in [0, 0.1) is 11.8 Å². The van der Waals surface area contributed by atoms with Gasteiger partial charge in [0.25, 0.3) is 0 Å². The van der Waals surface area contributed by atoms with Gasteiger partial charge < -0.3 is 14.4 Å². The van der Waals surface area contributed by atoms with Gasteiger partial charge in [0.2, 0.25) is 24.5 Å². The van der Waals surface area contributed by atoms with Gasteiger partial charge in [0.15, 0.2) is 11.5 Å². The summed E-state index contributed by atoms with van der Waals surface area (Å²) in [5.74, 6) is 0.758. The number of likely N-dealkylation sites (tertiary alicyclic amines) is 1. The van der Waals surface area contributed by atoms with Gasteiger partial charge in [0, 0.05) is 32.7 Å². The summed E-state index contributed by atoms with van der Waals surface area (Å²) < 4.78 is 10.8. The summed E-state index contributed by atoms with van der Waals surface area (Å²) >= 11 is 0. The maximum absolute atomic E-state index is 12.8. The number of amides is 3. The van der Waals surface area contributed by atoms with Crippen LogP contribution in [0.4, 0.5) is 0 Å². The zero-order chi connectivity index (χ0) is 20.7. The van der Waals surface area contributed by atoms with Crippen LogP contribution >= 0.6 is 0 Å². The van der Waals surface area contributed by atoms with Crippen molar-refractivity contribution in [2.24, 2.45) is 11.8 Å². The Kier molecular flexibility index (Phi) is 5.10. The normalized spacial score (nSPS) is 26.3. The molecule has 5 rings (SSSR count). The van der Waals surface area contributed by atoms with Gasteiger partial charge in [-0.15, -0.1) is 0 Å². The van der Waals surface area contributed by atoms with Crippen molar-refractivity contribution in [1.29, 1.82) is 0 Å². The van der Waals surface area contributed by atoms with Crippen molar-refractivity contribution >= 4 is 17.7 Å². The lowest BCUT2D eigenvalue weighted by molar-refractivity contribution is -0.147. The maximum Gasteiger partial charge on any atom is 0.242 e. The SMILES string of the molecule is O=C(CN1C(=O)[C@H]2CCCC[C@H]2C1=O)N1CCN(Cc2ccc3c(c2)OCO3)CC1. The van der Waals surface area contributed by atoms with Crippen LogP contribution < -0.4 is 9.47 Å². The highest BCUT2D eigenvalue weighted by Gasteiger charge is 2.48. The maximum atomic E-state index is 12.8. The van der Waals surface area contributed by atoms with Crippen molar-refractivity contribution in [3.05, 3.63) is 23.8 Å². The third-order valence-corrected chi connectivity index (χ3v) is 6.79. The summed E-state index contributed by atoms with van der Waals surface area (Å²) in [5, 5.41) is 0. The van der Waals surface area contributed by atoms with Crippen molar-refractivity contribution in [2.75, 3.05) is 39.5 Å². The van der Waals surface area contributed by atoms with E-state index in [9.17, 15) is 14.4 Å². The first-order chi connectivity index (χ1) is 14.6. The van der Waals surface area contributed by atoms with Crippen molar-refractivity contribution in [1.82, 2.24) is 14.7 Å². The van der Waals surface area contributed by atoms with Crippen molar-refractivity contribution < 1.29 is 23.9 Å². The molecule has 1 aromatic carbocycles. The molecule has 8 heteroatoms. The third kappa shape index (κ3) is 3.53. The second-order valence-corrected chi connectivity index (χ2v) is 8.60. The molecule has 2 saturated heterocycles. The number of ether oxygens (including phenoxy) is 2. The summed E-state index contributed by atoms with van der Waals surface area (Å²) in [7, 11) is 0. The molecule has 8 nitrogen and oxygen atoms in total. The lowest BCUT2D eigenvalue weighted by Crippen LogP contribution is -2.51. The topological polar surface area (TPSA) is 79.4 Å². The second-order valence-electron chi connectivity index (χ2n) is 8.60. The van der Waals surface area contributed by atoms with Gasteiger partial charge in [-0.05, 0) is 30.5 Å².